The predicted octanol–water partition coefficient (Wildman–Crippen LogP) is 0.500. The molecular weight excluding hydrogens is 264 g/mol. The van der Waals surface area contributed by atoms with Gasteiger partial charge in [-0.2, -0.15) is 0 Å². The van der Waals surface area contributed by atoms with E-state index in [0.717, 1.165) is 10.7 Å². The lowest BCUT2D eigenvalue weighted by molar-refractivity contribution is 0.0949. The Balaban J connectivity index is 1.87. The Morgan fingerprint density at radius 3 is 2.95 bits per heavy atom. The standard InChI is InChI=1S/C11H14N6OS/c1-7-6-19-10(15-7)2-3-14-11(18)8-4-13-5-9(16-8)17-12/h4-6H,2-3,12H2,1H3,(H,14,18)(H,16,17). The van der Waals surface area contributed by atoms with Crippen molar-refractivity contribution in [2.75, 3.05) is 12.0 Å². The van der Waals surface area contributed by atoms with E-state index in [9.17, 15) is 4.79 Å². The van der Waals surface area contributed by atoms with Crippen LogP contribution in [0.25, 0.3) is 0 Å². The van der Waals surface area contributed by atoms with Crippen LogP contribution in [0.3, 0.4) is 0 Å². The van der Waals surface area contributed by atoms with Gasteiger partial charge in [0.15, 0.2) is 5.82 Å². The summed E-state index contributed by atoms with van der Waals surface area (Å²) in [6.07, 6.45) is 3.53. The average molecular weight is 278 g/mol. The first-order chi connectivity index (χ1) is 9.19. The molecule has 0 saturated heterocycles. The van der Waals surface area contributed by atoms with E-state index in [0.29, 0.717) is 18.8 Å². The Morgan fingerprint density at radius 2 is 2.26 bits per heavy atom. The second-order valence-corrected chi connectivity index (χ2v) is 4.77. The lowest BCUT2D eigenvalue weighted by Crippen LogP contribution is -2.27. The van der Waals surface area contributed by atoms with Crippen molar-refractivity contribution >= 4 is 23.1 Å². The highest BCUT2D eigenvalue weighted by Gasteiger charge is 2.08. The SMILES string of the molecule is Cc1csc(CCNC(=O)c2cncc(NN)n2)n1. The molecule has 8 heteroatoms. The molecule has 0 fully saturated rings. The maximum Gasteiger partial charge on any atom is 0.271 e. The topological polar surface area (TPSA) is 106 Å². The van der Waals surface area contributed by atoms with Crippen LogP contribution >= 0.6 is 11.3 Å². The van der Waals surface area contributed by atoms with Crippen molar-refractivity contribution in [1.29, 1.82) is 0 Å². The van der Waals surface area contributed by atoms with Gasteiger partial charge in [-0.25, -0.2) is 15.8 Å². The van der Waals surface area contributed by atoms with Crippen molar-refractivity contribution in [3.05, 3.63) is 34.2 Å². The number of carbonyl (C=O) groups is 1. The summed E-state index contributed by atoms with van der Waals surface area (Å²) in [6, 6.07) is 0. The van der Waals surface area contributed by atoms with E-state index >= 15 is 0 Å². The number of nitrogen functional groups attached to an aromatic ring is 1. The molecule has 7 nitrogen and oxygen atoms in total. The van der Waals surface area contributed by atoms with Crippen molar-refractivity contribution in [3.63, 3.8) is 0 Å². The molecule has 0 spiro atoms. The van der Waals surface area contributed by atoms with E-state index in [1.54, 1.807) is 11.3 Å². The molecule has 0 unspecified atom stereocenters. The normalized spacial score (nSPS) is 10.2. The summed E-state index contributed by atoms with van der Waals surface area (Å²) in [6.45, 7) is 2.45. The van der Waals surface area contributed by atoms with E-state index in [1.807, 2.05) is 12.3 Å². The third-order valence-electron chi connectivity index (χ3n) is 2.31. The summed E-state index contributed by atoms with van der Waals surface area (Å²) in [4.78, 5) is 24.0. The van der Waals surface area contributed by atoms with Gasteiger partial charge < -0.3 is 10.7 Å². The molecule has 0 aromatic carbocycles. The van der Waals surface area contributed by atoms with Crippen molar-refractivity contribution in [2.24, 2.45) is 5.84 Å². The van der Waals surface area contributed by atoms with Gasteiger partial charge >= 0.3 is 0 Å². The number of hydrogen-bond acceptors (Lipinski definition) is 7. The van der Waals surface area contributed by atoms with Gasteiger partial charge in [-0.05, 0) is 6.92 Å². The molecule has 0 aliphatic carbocycles. The molecule has 19 heavy (non-hydrogen) atoms. The van der Waals surface area contributed by atoms with Crippen LogP contribution in [0.1, 0.15) is 21.2 Å². The molecule has 0 atom stereocenters. The largest absolute Gasteiger partial charge is 0.350 e. The van der Waals surface area contributed by atoms with Crippen LogP contribution in [-0.4, -0.2) is 27.4 Å². The maximum atomic E-state index is 11.8. The number of thiazole rings is 1. The van der Waals surface area contributed by atoms with E-state index in [2.05, 4.69) is 25.7 Å². The van der Waals surface area contributed by atoms with Crippen LogP contribution in [0.2, 0.25) is 0 Å². The van der Waals surface area contributed by atoms with Crippen LogP contribution < -0.4 is 16.6 Å². The molecule has 1 amide bonds. The number of carbonyl (C=O) groups excluding carboxylic acids is 1. The van der Waals surface area contributed by atoms with Crippen molar-refractivity contribution in [1.82, 2.24) is 20.3 Å². The van der Waals surface area contributed by atoms with Gasteiger partial charge in [0.2, 0.25) is 0 Å². The lowest BCUT2D eigenvalue weighted by Gasteiger charge is -2.04. The number of nitrogens with one attached hydrogen (secondary N) is 2. The first-order valence-electron chi connectivity index (χ1n) is 5.67. The van der Waals surface area contributed by atoms with Gasteiger partial charge in [-0.3, -0.25) is 9.78 Å². The number of aryl methyl sites for hydroxylation is 1. The Hall–Kier alpha value is -2.06. The summed E-state index contributed by atoms with van der Waals surface area (Å²) in [5.74, 6) is 5.28. The van der Waals surface area contributed by atoms with Crippen molar-refractivity contribution in [2.45, 2.75) is 13.3 Å². The molecule has 4 N–H and O–H groups in total. The van der Waals surface area contributed by atoms with Gasteiger partial charge in [0.25, 0.3) is 5.91 Å². The van der Waals surface area contributed by atoms with Gasteiger partial charge in [-0.15, -0.1) is 11.3 Å². The third-order valence-corrected chi connectivity index (χ3v) is 3.33. The van der Waals surface area contributed by atoms with Gasteiger partial charge in [0.05, 0.1) is 17.4 Å². The van der Waals surface area contributed by atoms with Gasteiger partial charge in [0, 0.05) is 24.0 Å². The summed E-state index contributed by atoms with van der Waals surface area (Å²) in [5, 5.41) is 5.75. The molecule has 2 rings (SSSR count). The van der Waals surface area contributed by atoms with E-state index < -0.39 is 0 Å². The fourth-order valence-corrected chi connectivity index (χ4v) is 2.21. The zero-order valence-corrected chi connectivity index (χ0v) is 11.2. The summed E-state index contributed by atoms with van der Waals surface area (Å²) in [5.41, 5.74) is 3.57. The summed E-state index contributed by atoms with van der Waals surface area (Å²) < 4.78 is 0. The Kier molecular flexibility index (Phi) is 4.37. The molecule has 0 bridgehead atoms. The summed E-state index contributed by atoms with van der Waals surface area (Å²) in [7, 11) is 0. The van der Waals surface area contributed by atoms with E-state index in [4.69, 9.17) is 5.84 Å². The molecule has 0 saturated carbocycles. The number of amides is 1. The molecule has 2 aromatic rings. The highest BCUT2D eigenvalue weighted by atomic mass is 32.1. The number of anilines is 1. The summed E-state index contributed by atoms with van der Waals surface area (Å²) >= 11 is 1.59. The highest BCUT2D eigenvalue weighted by molar-refractivity contribution is 7.09. The van der Waals surface area contributed by atoms with Crippen LogP contribution in [0.4, 0.5) is 5.82 Å². The highest BCUT2D eigenvalue weighted by Crippen LogP contribution is 2.08. The van der Waals surface area contributed by atoms with E-state index in [-0.39, 0.29) is 11.6 Å². The Morgan fingerprint density at radius 1 is 1.42 bits per heavy atom. The van der Waals surface area contributed by atoms with Crippen LogP contribution in [-0.2, 0) is 6.42 Å². The molecule has 100 valence electrons. The van der Waals surface area contributed by atoms with Crippen LogP contribution in [0.5, 0.6) is 0 Å². The number of rotatable bonds is 5. The van der Waals surface area contributed by atoms with Gasteiger partial charge in [0.1, 0.15) is 5.69 Å². The monoisotopic (exact) mass is 278 g/mol. The van der Waals surface area contributed by atoms with Crippen molar-refractivity contribution < 1.29 is 4.79 Å². The molecule has 0 aliphatic rings. The first-order valence-corrected chi connectivity index (χ1v) is 6.55. The molecule has 2 aromatic heterocycles. The van der Waals surface area contributed by atoms with Crippen LogP contribution in [0.15, 0.2) is 17.8 Å². The third kappa shape index (κ3) is 3.70. The maximum absolute atomic E-state index is 11.8. The molecule has 2 heterocycles. The second-order valence-electron chi connectivity index (χ2n) is 3.82. The van der Waals surface area contributed by atoms with E-state index in [1.165, 1.54) is 12.4 Å². The number of aromatic nitrogens is 3. The molecule has 0 aliphatic heterocycles. The smallest absolute Gasteiger partial charge is 0.271 e. The number of nitrogens with two attached hydrogens (primary N) is 1. The average Bonchev–Trinajstić information content (AvgIpc) is 2.84. The zero-order valence-electron chi connectivity index (χ0n) is 10.4. The second kappa shape index (κ2) is 6.21. The Bertz CT molecular complexity index is 570. The van der Waals surface area contributed by atoms with Gasteiger partial charge in [-0.1, -0.05) is 0 Å². The zero-order chi connectivity index (χ0) is 13.7. The quantitative estimate of drug-likeness (QED) is 0.543. The molecular formula is C11H14N6OS. The Labute approximate surface area is 114 Å². The first kappa shape index (κ1) is 13.4. The minimum Gasteiger partial charge on any atom is -0.350 e. The molecule has 0 radical (unpaired) electrons. The predicted molar refractivity (Wildman–Crippen MR) is 72.7 cm³/mol. The van der Waals surface area contributed by atoms with Crippen LogP contribution in [0, 0.1) is 6.92 Å². The minimum atomic E-state index is -0.280. The van der Waals surface area contributed by atoms with Crippen molar-refractivity contribution in [3.8, 4) is 0 Å². The number of hydrazine groups is 1. The fourth-order valence-electron chi connectivity index (χ4n) is 1.44. The number of hydrogen-bond donors (Lipinski definition) is 3. The minimum absolute atomic E-state index is 0.228. The fraction of sp³-hybridized carbons (Fsp3) is 0.273. The number of nitrogens with zero attached hydrogens (tertiary/aromatic N) is 3. The lowest BCUT2D eigenvalue weighted by atomic mass is 10.4.